The second-order valence-corrected chi connectivity index (χ2v) is 10.3. The first-order chi connectivity index (χ1) is 20.0. The number of fused-ring (bicyclic) bond motifs is 1. The molecule has 1 aliphatic carbocycles. The Bertz CT molecular complexity index is 1320. The Balaban J connectivity index is 1.85. The van der Waals surface area contributed by atoms with Gasteiger partial charge in [0.1, 0.15) is 18.5 Å². The molecule has 2 aromatic rings. The van der Waals surface area contributed by atoms with E-state index >= 15 is 0 Å². The molecule has 0 saturated carbocycles. The van der Waals surface area contributed by atoms with Crippen molar-refractivity contribution >= 4 is 23.9 Å². The van der Waals surface area contributed by atoms with Gasteiger partial charge in [-0.25, -0.2) is 0 Å². The molecule has 2 unspecified atom stereocenters. The third-order valence-electron chi connectivity index (χ3n) is 7.48. The molecule has 11 nitrogen and oxygen atoms in total. The highest BCUT2D eigenvalue weighted by molar-refractivity contribution is 5.69. The smallest absolute Gasteiger partial charge is 0.303 e. The Hall–Kier alpha value is -3.96. The van der Waals surface area contributed by atoms with Crippen LogP contribution in [0.1, 0.15) is 62.3 Å². The first-order valence-electron chi connectivity index (χ1n) is 13.6. The van der Waals surface area contributed by atoms with Gasteiger partial charge in [0, 0.05) is 46.3 Å². The maximum atomic E-state index is 12.4. The van der Waals surface area contributed by atoms with Gasteiger partial charge in [0.25, 0.3) is 0 Å². The molecule has 0 aromatic heterocycles. The molecule has 0 bridgehead atoms. The molecule has 1 aliphatic heterocycles. The average molecular weight is 585 g/mol. The fourth-order valence-corrected chi connectivity index (χ4v) is 5.78. The largest absolute Gasteiger partial charge is 0.497 e. The lowest BCUT2D eigenvalue weighted by Gasteiger charge is -2.50. The Morgan fingerprint density at radius 3 is 2.05 bits per heavy atom. The molecule has 0 N–H and O–H groups in total. The quantitative estimate of drug-likeness (QED) is 0.317. The minimum atomic E-state index is -1.84. The topological polar surface area (TPSA) is 133 Å². The van der Waals surface area contributed by atoms with Crippen LogP contribution in [0.5, 0.6) is 5.75 Å². The summed E-state index contributed by atoms with van der Waals surface area (Å²) in [6.45, 7) is 4.40. The van der Waals surface area contributed by atoms with Gasteiger partial charge >= 0.3 is 23.9 Å². The first-order valence-corrected chi connectivity index (χ1v) is 13.6. The number of ether oxygens (including phenoxy) is 7. The van der Waals surface area contributed by atoms with Crippen LogP contribution in [0.15, 0.2) is 42.5 Å². The molecule has 0 spiro atoms. The average Bonchev–Trinajstić information content (AvgIpc) is 3.37. The predicted molar refractivity (Wildman–Crippen MR) is 146 cm³/mol. The van der Waals surface area contributed by atoms with Crippen molar-refractivity contribution in [2.24, 2.45) is 0 Å². The van der Waals surface area contributed by atoms with Gasteiger partial charge in [-0.2, -0.15) is 0 Å². The highest BCUT2D eigenvalue weighted by atomic mass is 16.7. The number of hydrogen-bond acceptors (Lipinski definition) is 11. The van der Waals surface area contributed by atoms with E-state index in [9.17, 15) is 19.2 Å². The van der Waals surface area contributed by atoms with Crippen molar-refractivity contribution < 1.29 is 52.3 Å². The van der Waals surface area contributed by atoms with Crippen LogP contribution < -0.4 is 4.74 Å². The number of rotatable bonds is 9. The van der Waals surface area contributed by atoms with E-state index in [2.05, 4.69) is 0 Å². The summed E-state index contributed by atoms with van der Waals surface area (Å²) in [5.74, 6) is -3.77. The number of benzene rings is 2. The molecule has 2 aliphatic rings. The summed E-state index contributed by atoms with van der Waals surface area (Å²) in [5, 5.41) is 0. The highest BCUT2D eigenvalue weighted by Crippen LogP contribution is 2.46. The fraction of sp³-hybridized carbons (Fsp3) is 0.484. The van der Waals surface area contributed by atoms with Crippen molar-refractivity contribution in [2.75, 3.05) is 20.8 Å². The van der Waals surface area contributed by atoms with Gasteiger partial charge in [-0.05, 0) is 47.7 Å². The van der Waals surface area contributed by atoms with Crippen LogP contribution in [0, 0.1) is 0 Å². The fourth-order valence-electron chi connectivity index (χ4n) is 5.78. The lowest BCUT2D eigenvalue weighted by molar-refractivity contribution is -0.367. The molecule has 11 heteroatoms. The van der Waals surface area contributed by atoms with Gasteiger partial charge in [-0.1, -0.05) is 24.3 Å². The van der Waals surface area contributed by atoms with Gasteiger partial charge in [-0.3, -0.25) is 19.2 Å². The lowest BCUT2D eigenvalue weighted by Crippen LogP contribution is -2.67. The van der Waals surface area contributed by atoms with Crippen molar-refractivity contribution in [1.82, 2.24) is 0 Å². The van der Waals surface area contributed by atoms with E-state index in [0.717, 1.165) is 35.3 Å². The van der Waals surface area contributed by atoms with Crippen LogP contribution in [-0.4, -0.2) is 69.1 Å². The molecule has 2 aromatic carbocycles. The minimum Gasteiger partial charge on any atom is -0.497 e. The zero-order valence-corrected chi connectivity index (χ0v) is 24.5. The minimum absolute atomic E-state index is 0.0606. The van der Waals surface area contributed by atoms with Crippen LogP contribution >= 0.6 is 0 Å². The van der Waals surface area contributed by atoms with Crippen LogP contribution in [0.2, 0.25) is 0 Å². The number of methoxy groups -OCH3 is 2. The van der Waals surface area contributed by atoms with E-state index in [-0.39, 0.29) is 12.5 Å². The van der Waals surface area contributed by atoms with Gasteiger partial charge in [-0.15, -0.1) is 0 Å². The molecule has 1 fully saturated rings. The molecule has 4 rings (SSSR count). The van der Waals surface area contributed by atoms with Crippen LogP contribution in [0.25, 0.3) is 0 Å². The van der Waals surface area contributed by atoms with Gasteiger partial charge in [0.2, 0.25) is 11.9 Å². The zero-order chi connectivity index (χ0) is 30.6. The van der Waals surface area contributed by atoms with E-state index in [1.165, 1.54) is 34.8 Å². The maximum Gasteiger partial charge on any atom is 0.303 e. The molecule has 42 heavy (non-hydrogen) atoms. The summed E-state index contributed by atoms with van der Waals surface area (Å²) in [5.41, 5.74) is 3.74. The van der Waals surface area contributed by atoms with E-state index < -0.39 is 54.1 Å². The van der Waals surface area contributed by atoms with Gasteiger partial charge in [0.05, 0.1) is 7.11 Å². The van der Waals surface area contributed by atoms with E-state index in [1.54, 1.807) is 13.2 Å². The van der Waals surface area contributed by atoms with E-state index in [1.807, 2.05) is 36.4 Å². The number of aryl methyl sites for hydroxylation is 1. The Morgan fingerprint density at radius 2 is 1.48 bits per heavy atom. The molecule has 6 atom stereocenters. The number of hydrogen-bond donors (Lipinski definition) is 0. The van der Waals surface area contributed by atoms with Crippen molar-refractivity contribution in [3.05, 3.63) is 64.7 Å². The normalized spacial score (nSPS) is 26.5. The lowest BCUT2D eigenvalue weighted by atomic mass is 9.84. The Morgan fingerprint density at radius 1 is 0.833 bits per heavy atom. The van der Waals surface area contributed by atoms with Crippen LogP contribution in [-0.2, 0) is 59.8 Å². The monoisotopic (exact) mass is 584 g/mol. The van der Waals surface area contributed by atoms with Crippen molar-refractivity contribution in [1.29, 1.82) is 0 Å². The third kappa shape index (κ3) is 6.42. The molecule has 0 radical (unpaired) electrons. The second-order valence-electron chi connectivity index (χ2n) is 10.3. The standard InChI is InChI=1S/C31H36O11/c1-17(32)38-16-27-28(39-18(2)33)29(40-19(3)34)30(41-20(4)35)31(37-6,42-27)23-11-7-22-10-14-25(26(22)15-23)21-8-12-24(36-5)13-9-21/h7-9,11-13,15,25,27-30H,10,14,16H2,1-6H3/t25?,27-,28-,29+,30-,31?/m1/s1. The Labute approximate surface area is 244 Å². The maximum absolute atomic E-state index is 12.4. The van der Waals surface area contributed by atoms with E-state index in [4.69, 9.17) is 33.2 Å². The summed E-state index contributed by atoms with van der Waals surface area (Å²) in [6.07, 6.45) is -3.49. The summed E-state index contributed by atoms with van der Waals surface area (Å²) >= 11 is 0. The zero-order valence-electron chi connectivity index (χ0n) is 24.5. The van der Waals surface area contributed by atoms with Crippen molar-refractivity contribution in [3.8, 4) is 5.75 Å². The highest BCUT2D eigenvalue weighted by Gasteiger charge is 2.61. The van der Waals surface area contributed by atoms with Gasteiger partial charge < -0.3 is 33.2 Å². The number of carbonyl (C=O) groups excluding carboxylic acids is 4. The summed E-state index contributed by atoms with van der Waals surface area (Å²) in [7, 11) is 2.98. The van der Waals surface area contributed by atoms with Crippen LogP contribution in [0.4, 0.5) is 0 Å². The second kappa shape index (κ2) is 12.9. The first kappa shape index (κ1) is 31.0. The number of esters is 4. The van der Waals surface area contributed by atoms with Gasteiger partial charge in [0.15, 0.2) is 12.2 Å². The Kier molecular flexibility index (Phi) is 9.53. The molecular formula is C31H36O11. The molecule has 226 valence electrons. The summed E-state index contributed by atoms with van der Waals surface area (Å²) < 4.78 is 39.9. The molecule has 0 amide bonds. The molecule has 1 saturated heterocycles. The SMILES string of the molecule is COc1ccc(C2CCc3ccc(C4(OC)O[C@H](COC(C)=O)[C@@H](OC(C)=O)[C@H](OC(C)=O)[C@H]4OC(C)=O)cc32)cc1. The third-order valence-corrected chi connectivity index (χ3v) is 7.48. The summed E-state index contributed by atoms with van der Waals surface area (Å²) in [6, 6.07) is 13.5. The molecule has 1 heterocycles. The number of carbonyl (C=O) groups is 4. The van der Waals surface area contributed by atoms with Crippen molar-refractivity contribution in [2.45, 2.75) is 76.7 Å². The van der Waals surface area contributed by atoms with Crippen molar-refractivity contribution in [3.63, 3.8) is 0 Å². The molecular weight excluding hydrogens is 548 g/mol. The van der Waals surface area contributed by atoms with Crippen LogP contribution in [0.3, 0.4) is 0 Å². The van der Waals surface area contributed by atoms with E-state index in [0.29, 0.717) is 5.56 Å². The predicted octanol–water partition coefficient (Wildman–Crippen LogP) is 3.33. The summed E-state index contributed by atoms with van der Waals surface area (Å²) in [4.78, 5) is 48.6.